The summed E-state index contributed by atoms with van der Waals surface area (Å²) in [5.41, 5.74) is 3.60. The number of hydrogen-bond donors (Lipinski definition) is 3. The number of hydrazone groups is 1. The van der Waals surface area contributed by atoms with Crippen LogP contribution < -0.4 is 15.8 Å². The molecule has 0 aliphatic rings. The molecule has 0 fully saturated rings. The molecule has 0 saturated carbocycles. The predicted molar refractivity (Wildman–Crippen MR) is 76.5 cm³/mol. The zero-order valence-electron chi connectivity index (χ0n) is 8.97. The Hall–Kier alpha value is -1.10. The lowest BCUT2D eigenvalue weighted by atomic mass is 10.2. The third kappa shape index (κ3) is 5.17. The number of thiocarbonyl (C=S) groups is 1. The second kappa shape index (κ2) is 7.27. The highest BCUT2D eigenvalue weighted by atomic mass is 35.5. The first-order valence-electron chi connectivity index (χ1n) is 4.82. The van der Waals surface area contributed by atoms with Gasteiger partial charge in [-0.1, -0.05) is 29.3 Å². The van der Waals surface area contributed by atoms with Crippen LogP contribution >= 0.6 is 35.4 Å². The summed E-state index contributed by atoms with van der Waals surface area (Å²) < 4.78 is 0. The van der Waals surface area contributed by atoms with Gasteiger partial charge >= 0.3 is 0 Å². The van der Waals surface area contributed by atoms with E-state index in [-0.39, 0.29) is 0 Å². The van der Waals surface area contributed by atoms with Crippen LogP contribution in [0.3, 0.4) is 0 Å². The van der Waals surface area contributed by atoms with Crippen LogP contribution in [-0.2, 0) is 0 Å². The normalized spacial score (nSPS) is 10.2. The first-order valence-corrected chi connectivity index (χ1v) is 5.98. The molecule has 0 radical (unpaired) electrons. The summed E-state index contributed by atoms with van der Waals surface area (Å²) in [5.74, 6) is 0. The molecule has 0 aliphatic heterocycles. The summed E-state index contributed by atoms with van der Waals surface area (Å²) in [4.78, 5) is 0. The van der Waals surface area contributed by atoms with E-state index in [2.05, 4.69) is 22.4 Å². The summed E-state index contributed by atoms with van der Waals surface area (Å²) in [6.07, 6.45) is 3.41. The van der Waals surface area contributed by atoms with Crippen molar-refractivity contribution in [1.29, 1.82) is 0 Å². The number of rotatable bonds is 4. The molecule has 17 heavy (non-hydrogen) atoms. The van der Waals surface area contributed by atoms with Crippen molar-refractivity contribution in [2.24, 2.45) is 0 Å². The molecule has 1 aromatic carbocycles. The lowest BCUT2D eigenvalue weighted by Gasteiger charge is -1.99. The molecular formula is C11H12Cl2N3S+. The largest absolute Gasteiger partial charge is 0.355 e. The molecule has 3 nitrogen and oxygen atoms in total. The second-order valence-corrected chi connectivity index (χ2v) is 4.33. The zero-order valence-corrected chi connectivity index (χ0v) is 11.3. The minimum Gasteiger partial charge on any atom is -0.355 e. The molecule has 0 aliphatic carbocycles. The molecule has 0 amide bonds. The number of nitrogens with one attached hydrogen (secondary N) is 3. The van der Waals surface area contributed by atoms with Crippen molar-refractivity contribution in [2.45, 2.75) is 0 Å². The minimum atomic E-state index is 0.478. The van der Waals surface area contributed by atoms with E-state index in [0.717, 1.165) is 5.56 Å². The van der Waals surface area contributed by atoms with Gasteiger partial charge in [-0.15, -0.1) is 17.1 Å². The van der Waals surface area contributed by atoms with Crippen molar-refractivity contribution in [3.05, 3.63) is 46.5 Å². The van der Waals surface area contributed by atoms with Crippen LogP contribution in [0.2, 0.25) is 10.0 Å². The number of benzene rings is 1. The molecule has 0 heterocycles. The van der Waals surface area contributed by atoms with Crippen LogP contribution in [0.25, 0.3) is 0 Å². The van der Waals surface area contributed by atoms with E-state index < -0.39 is 0 Å². The molecule has 90 valence electrons. The fourth-order valence-electron chi connectivity index (χ4n) is 1.01. The smallest absolute Gasteiger partial charge is 0.224 e. The number of hydrazine groups is 1. The molecular weight excluding hydrogens is 277 g/mol. The molecule has 0 saturated heterocycles. The fourth-order valence-corrected chi connectivity index (χ4v) is 1.61. The van der Waals surface area contributed by atoms with E-state index in [1.807, 2.05) is 0 Å². The quantitative estimate of drug-likeness (QED) is 0.336. The lowest BCUT2D eigenvalue weighted by molar-refractivity contribution is -0.500. The average molecular weight is 289 g/mol. The Labute approximate surface area is 115 Å². The molecule has 0 unspecified atom stereocenters. The predicted octanol–water partition coefficient (Wildman–Crippen LogP) is 1.06. The van der Waals surface area contributed by atoms with Crippen LogP contribution in [0.1, 0.15) is 5.56 Å². The van der Waals surface area contributed by atoms with Crippen molar-refractivity contribution in [2.75, 3.05) is 6.54 Å². The summed E-state index contributed by atoms with van der Waals surface area (Å²) in [6.45, 7) is 4.18. The van der Waals surface area contributed by atoms with Gasteiger partial charge in [0.1, 0.15) is 0 Å². The van der Waals surface area contributed by atoms with Crippen LogP contribution in [0, 0.1) is 0 Å². The Bertz CT molecular complexity index is 446. The Morgan fingerprint density at radius 3 is 2.88 bits per heavy atom. The summed E-state index contributed by atoms with van der Waals surface area (Å²) in [6, 6.07) is 5.24. The van der Waals surface area contributed by atoms with Gasteiger partial charge in [0.25, 0.3) is 0 Å². The number of hydrogen-bond acceptors (Lipinski definition) is 1. The van der Waals surface area contributed by atoms with Crippen LogP contribution in [0.15, 0.2) is 30.9 Å². The van der Waals surface area contributed by atoms with Gasteiger partial charge in [0.2, 0.25) is 5.11 Å². The van der Waals surface area contributed by atoms with Crippen LogP contribution in [0.5, 0.6) is 0 Å². The zero-order chi connectivity index (χ0) is 12.7. The van der Waals surface area contributed by atoms with Gasteiger partial charge in [0.05, 0.1) is 10.6 Å². The van der Waals surface area contributed by atoms with Crippen molar-refractivity contribution in [1.82, 2.24) is 10.7 Å². The third-order valence-corrected chi connectivity index (χ3v) is 2.59. The van der Waals surface area contributed by atoms with E-state index in [9.17, 15) is 0 Å². The highest BCUT2D eigenvalue weighted by Gasteiger charge is 2.01. The molecule has 0 atom stereocenters. The molecule has 0 spiro atoms. The van der Waals surface area contributed by atoms with Gasteiger partial charge in [0, 0.05) is 11.6 Å². The first-order chi connectivity index (χ1) is 8.13. The molecule has 0 bridgehead atoms. The Morgan fingerprint density at radius 1 is 1.47 bits per heavy atom. The highest BCUT2D eigenvalue weighted by molar-refractivity contribution is 7.80. The van der Waals surface area contributed by atoms with Gasteiger partial charge in [-0.25, -0.2) is 0 Å². The molecule has 1 aromatic rings. The third-order valence-electron chi connectivity index (χ3n) is 1.78. The maximum atomic E-state index is 5.98. The van der Waals surface area contributed by atoms with Crippen molar-refractivity contribution in [3.63, 3.8) is 0 Å². The van der Waals surface area contributed by atoms with Crippen molar-refractivity contribution >= 4 is 46.7 Å². The van der Waals surface area contributed by atoms with E-state index in [0.29, 0.717) is 21.7 Å². The Morgan fingerprint density at radius 2 is 2.24 bits per heavy atom. The number of halogens is 2. The van der Waals surface area contributed by atoms with Gasteiger partial charge in [-0.05, 0) is 30.4 Å². The summed E-state index contributed by atoms with van der Waals surface area (Å²) in [7, 11) is 0. The minimum absolute atomic E-state index is 0.478. The Balaban J connectivity index is 2.53. The van der Waals surface area contributed by atoms with Crippen LogP contribution in [-0.4, -0.2) is 17.9 Å². The monoisotopic (exact) mass is 288 g/mol. The molecule has 1 rings (SSSR count). The SMILES string of the molecule is C=CCNC(=S)N[NH+]=Cc1ccc(Cl)cc1Cl. The molecule has 3 N–H and O–H groups in total. The summed E-state index contributed by atoms with van der Waals surface area (Å²) >= 11 is 16.7. The second-order valence-electron chi connectivity index (χ2n) is 3.08. The van der Waals surface area contributed by atoms with E-state index >= 15 is 0 Å². The van der Waals surface area contributed by atoms with Gasteiger partial charge in [0.15, 0.2) is 6.21 Å². The topological polar surface area (TPSA) is 38.0 Å². The van der Waals surface area contributed by atoms with Crippen LogP contribution in [0.4, 0.5) is 0 Å². The maximum absolute atomic E-state index is 5.98. The lowest BCUT2D eigenvalue weighted by Crippen LogP contribution is -2.82. The average Bonchev–Trinajstić information content (AvgIpc) is 2.29. The standard InChI is InChI=1S/C11H11Cl2N3S/c1-2-5-14-11(17)16-15-7-8-3-4-9(12)6-10(8)13/h2-4,6-7H,1,5H2,(H2,14,16,17)/p+1. The molecule has 6 heteroatoms. The highest BCUT2D eigenvalue weighted by Crippen LogP contribution is 2.18. The van der Waals surface area contributed by atoms with E-state index in [1.165, 1.54) is 0 Å². The van der Waals surface area contributed by atoms with E-state index in [1.54, 1.807) is 30.5 Å². The van der Waals surface area contributed by atoms with Gasteiger partial charge < -0.3 is 5.32 Å². The maximum Gasteiger partial charge on any atom is 0.224 e. The van der Waals surface area contributed by atoms with E-state index in [4.69, 9.17) is 35.4 Å². The summed E-state index contributed by atoms with van der Waals surface area (Å²) in [5, 5.41) is 7.38. The first kappa shape index (κ1) is 14.0. The van der Waals surface area contributed by atoms with Crippen molar-refractivity contribution < 1.29 is 5.10 Å². The molecule has 0 aromatic heterocycles. The van der Waals surface area contributed by atoms with Gasteiger partial charge in [-0.2, -0.15) is 0 Å². The van der Waals surface area contributed by atoms with Gasteiger partial charge in [-0.3, -0.25) is 0 Å². The fraction of sp³-hybridized carbons (Fsp3) is 0.0909. The Kier molecular flexibility index (Phi) is 5.97. The van der Waals surface area contributed by atoms with Crippen molar-refractivity contribution in [3.8, 4) is 0 Å².